The maximum Gasteiger partial charge on any atom is 0.247 e. The number of aromatic nitrogens is 3. The first kappa shape index (κ1) is 25.6. The van der Waals surface area contributed by atoms with Crippen molar-refractivity contribution in [2.24, 2.45) is 5.92 Å². The summed E-state index contributed by atoms with van der Waals surface area (Å²) in [5.41, 5.74) is 4.14. The van der Waals surface area contributed by atoms with Gasteiger partial charge in [-0.2, -0.15) is 0 Å². The van der Waals surface area contributed by atoms with Gasteiger partial charge in [0.25, 0.3) is 0 Å². The lowest BCUT2D eigenvalue weighted by Gasteiger charge is -2.37. The number of nitrogens with zero attached hydrogens (tertiary/aromatic N) is 4. The van der Waals surface area contributed by atoms with Crippen molar-refractivity contribution < 1.29 is 19.1 Å². The number of nitrogens with one attached hydrogen (secondary N) is 1. The zero-order valence-corrected chi connectivity index (χ0v) is 22.3. The molecular formula is C31H31N5O4. The largest absolute Gasteiger partial charge is 0.454 e. The van der Waals surface area contributed by atoms with Crippen LogP contribution in [0.4, 0.5) is 5.69 Å². The number of carbonyl (C=O) groups is 2. The number of amides is 2. The molecule has 4 aromatic rings. The molecule has 2 amide bonds. The van der Waals surface area contributed by atoms with Crippen molar-refractivity contribution in [2.75, 3.05) is 12.1 Å². The van der Waals surface area contributed by atoms with Crippen molar-refractivity contribution in [3.8, 4) is 11.5 Å². The van der Waals surface area contributed by atoms with Gasteiger partial charge in [-0.15, -0.1) is 5.10 Å². The Morgan fingerprint density at radius 3 is 2.73 bits per heavy atom. The fraction of sp³-hybridized carbons (Fsp3) is 0.290. The highest BCUT2D eigenvalue weighted by atomic mass is 16.7. The zero-order valence-electron chi connectivity index (χ0n) is 22.3. The summed E-state index contributed by atoms with van der Waals surface area (Å²) in [7, 11) is 0. The van der Waals surface area contributed by atoms with Crippen LogP contribution in [0.5, 0.6) is 11.5 Å². The van der Waals surface area contributed by atoms with Crippen LogP contribution in [0.3, 0.4) is 0 Å². The lowest BCUT2D eigenvalue weighted by Crippen LogP contribution is -2.52. The van der Waals surface area contributed by atoms with Gasteiger partial charge in [-0.1, -0.05) is 53.8 Å². The predicted molar refractivity (Wildman–Crippen MR) is 151 cm³/mol. The summed E-state index contributed by atoms with van der Waals surface area (Å²) in [6.45, 7) is 2.45. The van der Waals surface area contributed by atoms with Crippen LogP contribution < -0.4 is 14.8 Å². The Hall–Kier alpha value is -4.66. The maximum atomic E-state index is 14.2. The molecule has 0 saturated heterocycles. The fourth-order valence-electron chi connectivity index (χ4n) is 5.47. The third-order valence-corrected chi connectivity index (χ3v) is 7.63. The van der Waals surface area contributed by atoms with Crippen LogP contribution in [-0.4, -0.2) is 44.5 Å². The molecule has 0 radical (unpaired) electrons. The number of rotatable bonds is 8. The van der Waals surface area contributed by atoms with E-state index in [1.807, 2.05) is 55.5 Å². The van der Waals surface area contributed by atoms with Crippen molar-refractivity contribution in [1.29, 1.82) is 0 Å². The lowest BCUT2D eigenvalue weighted by atomic mass is 9.85. The lowest BCUT2D eigenvalue weighted by molar-refractivity contribution is -0.142. The van der Waals surface area contributed by atoms with E-state index < -0.39 is 6.04 Å². The molecule has 2 atom stereocenters. The molecule has 1 aliphatic heterocycles. The number of anilines is 1. The van der Waals surface area contributed by atoms with Crippen molar-refractivity contribution in [3.05, 3.63) is 90.0 Å². The number of fused-ring (bicyclic) bond motifs is 2. The van der Waals surface area contributed by atoms with E-state index in [-0.39, 0.29) is 31.1 Å². The Bertz CT molecular complexity index is 1580. The highest BCUT2D eigenvalue weighted by molar-refractivity contribution is 5.98. The third-order valence-electron chi connectivity index (χ3n) is 7.63. The van der Waals surface area contributed by atoms with Gasteiger partial charge in [-0.05, 0) is 67.5 Å². The van der Waals surface area contributed by atoms with Crippen molar-refractivity contribution in [3.63, 3.8) is 0 Å². The second-order valence-electron chi connectivity index (χ2n) is 10.2. The van der Waals surface area contributed by atoms with E-state index in [1.165, 1.54) is 0 Å². The molecule has 3 aromatic carbocycles. The predicted octanol–water partition coefficient (Wildman–Crippen LogP) is 4.86. The summed E-state index contributed by atoms with van der Waals surface area (Å²) in [6.07, 6.45) is 6.62. The second-order valence-corrected chi connectivity index (χ2v) is 10.2. The highest BCUT2D eigenvalue weighted by Crippen LogP contribution is 2.35. The van der Waals surface area contributed by atoms with Crippen LogP contribution in [0.1, 0.15) is 30.4 Å². The summed E-state index contributed by atoms with van der Waals surface area (Å²) >= 11 is 0. The molecule has 204 valence electrons. The van der Waals surface area contributed by atoms with Gasteiger partial charge in [0.2, 0.25) is 18.6 Å². The molecule has 0 bridgehead atoms. The number of ether oxygens (including phenoxy) is 2. The first-order valence-electron chi connectivity index (χ1n) is 13.5. The third kappa shape index (κ3) is 5.27. The highest BCUT2D eigenvalue weighted by Gasteiger charge is 2.37. The number of para-hydroxylation sites is 1. The second kappa shape index (κ2) is 11.2. The van der Waals surface area contributed by atoms with Crippen LogP contribution in [0, 0.1) is 12.8 Å². The van der Waals surface area contributed by atoms with Gasteiger partial charge in [0.15, 0.2) is 11.5 Å². The number of hydrogen-bond donors (Lipinski definition) is 1. The van der Waals surface area contributed by atoms with Gasteiger partial charge in [0.05, 0.1) is 5.52 Å². The van der Waals surface area contributed by atoms with E-state index in [4.69, 9.17) is 9.47 Å². The maximum absolute atomic E-state index is 14.2. The molecule has 1 aliphatic carbocycles. The molecule has 9 heteroatoms. The minimum Gasteiger partial charge on any atom is -0.454 e. The summed E-state index contributed by atoms with van der Waals surface area (Å²) in [4.78, 5) is 30.0. The average molecular weight is 538 g/mol. The van der Waals surface area contributed by atoms with E-state index in [9.17, 15) is 9.59 Å². The molecular weight excluding hydrogens is 506 g/mol. The molecule has 1 aromatic heterocycles. The van der Waals surface area contributed by atoms with Gasteiger partial charge in [0.1, 0.15) is 18.1 Å². The molecule has 9 nitrogen and oxygen atoms in total. The molecule has 0 spiro atoms. The van der Waals surface area contributed by atoms with E-state index in [0.29, 0.717) is 30.2 Å². The molecule has 0 fully saturated rings. The monoisotopic (exact) mass is 537 g/mol. The van der Waals surface area contributed by atoms with E-state index in [0.717, 1.165) is 35.0 Å². The van der Waals surface area contributed by atoms with Gasteiger partial charge in [0, 0.05) is 18.3 Å². The van der Waals surface area contributed by atoms with E-state index >= 15 is 0 Å². The molecule has 6 rings (SSSR count). The Morgan fingerprint density at radius 2 is 1.88 bits per heavy atom. The van der Waals surface area contributed by atoms with Crippen LogP contribution >= 0.6 is 0 Å². The SMILES string of the molecule is Cc1ccccc1CN(C(=O)Cn1nnc2ccccc21)[C@@H](C(=O)Nc1ccc2c(c1)OCO2)[C@@H]1CC=CCC1. The van der Waals surface area contributed by atoms with Crippen LogP contribution in [0.25, 0.3) is 11.0 Å². The molecule has 0 saturated carbocycles. The van der Waals surface area contributed by atoms with Crippen molar-refractivity contribution in [1.82, 2.24) is 19.9 Å². The van der Waals surface area contributed by atoms with Crippen LogP contribution in [0.2, 0.25) is 0 Å². The first-order valence-corrected chi connectivity index (χ1v) is 13.5. The first-order chi connectivity index (χ1) is 19.6. The Morgan fingerprint density at radius 1 is 1.05 bits per heavy atom. The zero-order chi connectivity index (χ0) is 27.5. The van der Waals surface area contributed by atoms with Crippen LogP contribution in [-0.2, 0) is 22.7 Å². The standard InChI is InChI=1S/C31H31N5O4/c1-21-9-5-6-12-23(21)18-35(29(37)19-36-26-14-8-7-13-25(26)33-34-36)30(22-10-3-2-4-11-22)31(38)32-24-15-16-27-28(17-24)40-20-39-27/h2-3,5-9,12-17,22,30H,4,10-11,18-20H2,1H3,(H,32,38)/t22-,30-/m1/s1. The van der Waals surface area contributed by atoms with Gasteiger partial charge < -0.3 is 19.7 Å². The van der Waals surface area contributed by atoms with Gasteiger partial charge >= 0.3 is 0 Å². The average Bonchev–Trinajstić information content (AvgIpc) is 3.61. The number of allylic oxidation sites excluding steroid dienone is 2. The number of aryl methyl sites for hydroxylation is 1. The minimum absolute atomic E-state index is 0.0250. The van der Waals surface area contributed by atoms with Crippen LogP contribution in [0.15, 0.2) is 78.9 Å². The number of carbonyl (C=O) groups excluding carboxylic acids is 2. The summed E-state index contributed by atoms with van der Waals surface area (Å²) in [5.74, 6) is 0.757. The molecule has 2 heterocycles. The molecule has 40 heavy (non-hydrogen) atoms. The van der Waals surface area contributed by atoms with Gasteiger partial charge in [-0.3, -0.25) is 9.59 Å². The summed E-state index contributed by atoms with van der Waals surface area (Å²) in [6, 6.07) is 20.1. The minimum atomic E-state index is -0.697. The topological polar surface area (TPSA) is 98.6 Å². The Balaban J connectivity index is 1.35. The summed E-state index contributed by atoms with van der Waals surface area (Å²) < 4.78 is 12.5. The number of hydrogen-bond acceptors (Lipinski definition) is 6. The number of benzene rings is 3. The Kier molecular flexibility index (Phi) is 7.18. The van der Waals surface area contributed by atoms with Gasteiger partial charge in [-0.25, -0.2) is 4.68 Å². The normalized spacial score (nSPS) is 16.6. The molecule has 0 unspecified atom stereocenters. The molecule has 2 aliphatic rings. The van der Waals surface area contributed by atoms with E-state index in [2.05, 4.69) is 27.8 Å². The van der Waals surface area contributed by atoms with E-state index in [1.54, 1.807) is 27.8 Å². The van der Waals surface area contributed by atoms with Crippen molar-refractivity contribution in [2.45, 2.75) is 45.3 Å². The smallest absolute Gasteiger partial charge is 0.247 e. The fourth-order valence-corrected chi connectivity index (χ4v) is 5.47. The quantitative estimate of drug-likeness (QED) is 0.322. The summed E-state index contributed by atoms with van der Waals surface area (Å²) in [5, 5.41) is 11.5. The molecule has 1 N–H and O–H groups in total. The Labute approximate surface area is 232 Å². The van der Waals surface area contributed by atoms with Crippen molar-refractivity contribution >= 4 is 28.5 Å².